The van der Waals surface area contributed by atoms with Crippen LogP contribution in [0.5, 0.6) is 0 Å². The summed E-state index contributed by atoms with van der Waals surface area (Å²) in [6.07, 6.45) is 15.6. The number of rotatable bonds is 38. The van der Waals surface area contributed by atoms with Gasteiger partial charge in [-0.2, -0.15) is 0 Å². The normalized spacial score (nSPS) is 11.8. The lowest BCUT2D eigenvalue weighted by Crippen LogP contribution is -2.42. The number of ether oxygens (including phenoxy) is 4. The molecule has 4 amide bonds. The Morgan fingerprint density at radius 2 is 0.909 bits per heavy atom. The molecule has 0 fully saturated rings. The maximum Gasteiger partial charge on any atom is 0.326 e. The topological polar surface area (TPSA) is 228 Å². The van der Waals surface area contributed by atoms with Crippen molar-refractivity contribution in [3.8, 4) is 0 Å². The fourth-order valence-electron chi connectivity index (χ4n) is 5.37. The van der Waals surface area contributed by atoms with Gasteiger partial charge in [-0.15, -0.1) is 0 Å². The van der Waals surface area contributed by atoms with E-state index in [2.05, 4.69) is 21.3 Å². The zero-order valence-electron chi connectivity index (χ0n) is 33.9. The van der Waals surface area contributed by atoms with Gasteiger partial charge in [-0.3, -0.25) is 24.0 Å². The largest absolute Gasteiger partial charge is 0.481 e. The van der Waals surface area contributed by atoms with Gasteiger partial charge in [0.15, 0.2) is 0 Å². The van der Waals surface area contributed by atoms with E-state index in [1.165, 1.54) is 44.9 Å². The molecule has 0 heterocycles. The van der Waals surface area contributed by atoms with E-state index in [-0.39, 0.29) is 108 Å². The highest BCUT2D eigenvalue weighted by Crippen LogP contribution is 2.14. The molecule has 0 saturated heterocycles. The van der Waals surface area contributed by atoms with E-state index in [1.807, 2.05) is 20.8 Å². The molecule has 16 heteroatoms. The SMILES string of the molecule is CC(C)(C)NC(=O)COCCOCCNC(=O)COCCOCCNC(=O)CCC(NC(=O)CCCCCCCCCCCCCCCCC(=O)O)C(=O)O. The van der Waals surface area contributed by atoms with Gasteiger partial charge >= 0.3 is 11.9 Å². The number of carbonyl (C=O) groups excluding carboxylic acids is 4. The molecule has 1 unspecified atom stereocenters. The van der Waals surface area contributed by atoms with Crippen molar-refractivity contribution in [2.24, 2.45) is 0 Å². The van der Waals surface area contributed by atoms with Gasteiger partial charge < -0.3 is 50.4 Å². The van der Waals surface area contributed by atoms with Crippen LogP contribution >= 0.6 is 0 Å². The molecule has 0 aromatic rings. The van der Waals surface area contributed by atoms with Crippen molar-refractivity contribution in [2.45, 2.75) is 148 Å². The molecule has 320 valence electrons. The molecule has 0 saturated carbocycles. The first-order valence-corrected chi connectivity index (χ1v) is 20.2. The summed E-state index contributed by atoms with van der Waals surface area (Å²) in [7, 11) is 0. The molecule has 0 aliphatic heterocycles. The molecular weight excluding hydrogens is 716 g/mol. The van der Waals surface area contributed by atoms with Gasteiger partial charge in [0.2, 0.25) is 23.6 Å². The minimum absolute atomic E-state index is 0.0189. The Bertz CT molecular complexity index is 1050. The maximum absolute atomic E-state index is 12.3. The van der Waals surface area contributed by atoms with Gasteiger partial charge in [0.05, 0.1) is 39.6 Å². The molecule has 0 spiro atoms. The van der Waals surface area contributed by atoms with Crippen LogP contribution in [0.3, 0.4) is 0 Å². The Morgan fingerprint density at radius 1 is 0.491 bits per heavy atom. The van der Waals surface area contributed by atoms with Crippen molar-refractivity contribution in [1.82, 2.24) is 21.3 Å². The number of amides is 4. The van der Waals surface area contributed by atoms with Gasteiger partial charge in [-0.05, 0) is 40.0 Å². The van der Waals surface area contributed by atoms with E-state index in [0.717, 1.165) is 38.5 Å². The summed E-state index contributed by atoms with van der Waals surface area (Å²) in [4.78, 5) is 70.1. The van der Waals surface area contributed by atoms with Crippen molar-refractivity contribution in [3.63, 3.8) is 0 Å². The highest BCUT2D eigenvalue weighted by atomic mass is 16.5. The molecule has 0 aliphatic carbocycles. The van der Waals surface area contributed by atoms with Crippen LogP contribution in [0.1, 0.15) is 136 Å². The lowest BCUT2D eigenvalue weighted by molar-refractivity contribution is -0.142. The smallest absolute Gasteiger partial charge is 0.326 e. The number of carboxylic acids is 2. The van der Waals surface area contributed by atoms with Crippen molar-refractivity contribution >= 4 is 35.6 Å². The number of hydrogen-bond donors (Lipinski definition) is 6. The number of unbranched alkanes of at least 4 members (excludes halogenated alkanes) is 13. The second-order valence-corrected chi connectivity index (χ2v) is 14.7. The first-order chi connectivity index (χ1) is 26.3. The monoisotopic (exact) mass is 789 g/mol. The van der Waals surface area contributed by atoms with Gasteiger partial charge in [0.25, 0.3) is 0 Å². The number of nitrogens with one attached hydrogen (secondary N) is 4. The van der Waals surface area contributed by atoms with Crippen LogP contribution in [-0.2, 0) is 47.7 Å². The van der Waals surface area contributed by atoms with Gasteiger partial charge in [-0.1, -0.05) is 77.0 Å². The van der Waals surface area contributed by atoms with Crippen LogP contribution in [0, 0.1) is 0 Å². The minimum Gasteiger partial charge on any atom is -0.481 e. The Hall–Kier alpha value is -3.34. The fraction of sp³-hybridized carbons (Fsp3) is 0.846. The van der Waals surface area contributed by atoms with Gasteiger partial charge in [0, 0.05) is 37.9 Å². The zero-order chi connectivity index (χ0) is 41.0. The van der Waals surface area contributed by atoms with Crippen LogP contribution in [0.2, 0.25) is 0 Å². The highest BCUT2D eigenvalue weighted by molar-refractivity contribution is 5.84. The maximum atomic E-state index is 12.3. The Kier molecular flexibility index (Phi) is 33.0. The van der Waals surface area contributed by atoms with E-state index in [1.54, 1.807) is 0 Å². The van der Waals surface area contributed by atoms with Crippen LogP contribution in [0.15, 0.2) is 0 Å². The molecule has 16 nitrogen and oxygen atoms in total. The number of carboxylic acid groups (broad SMARTS) is 2. The summed E-state index contributed by atoms with van der Waals surface area (Å²) in [6, 6.07) is -1.13. The highest BCUT2D eigenvalue weighted by Gasteiger charge is 2.21. The van der Waals surface area contributed by atoms with Crippen molar-refractivity contribution < 1.29 is 57.9 Å². The molecular formula is C39H72N4O12. The summed E-state index contributed by atoms with van der Waals surface area (Å²) < 4.78 is 21.2. The third-order valence-corrected chi connectivity index (χ3v) is 8.20. The average molecular weight is 789 g/mol. The molecule has 6 N–H and O–H groups in total. The van der Waals surface area contributed by atoms with E-state index in [0.29, 0.717) is 19.6 Å². The predicted molar refractivity (Wildman–Crippen MR) is 207 cm³/mol. The van der Waals surface area contributed by atoms with Gasteiger partial charge in [-0.25, -0.2) is 4.79 Å². The van der Waals surface area contributed by atoms with Gasteiger partial charge in [0.1, 0.15) is 19.3 Å². The summed E-state index contributed by atoms with van der Waals surface area (Å²) in [5, 5.41) is 28.8. The number of aliphatic carboxylic acids is 2. The van der Waals surface area contributed by atoms with Crippen LogP contribution in [0.25, 0.3) is 0 Å². The van der Waals surface area contributed by atoms with Crippen molar-refractivity contribution in [1.29, 1.82) is 0 Å². The second kappa shape index (κ2) is 35.1. The van der Waals surface area contributed by atoms with Crippen LogP contribution in [0.4, 0.5) is 0 Å². The zero-order valence-corrected chi connectivity index (χ0v) is 33.9. The Balaban J connectivity index is 3.67. The third-order valence-electron chi connectivity index (χ3n) is 8.20. The minimum atomic E-state index is -1.18. The van der Waals surface area contributed by atoms with Crippen molar-refractivity contribution in [2.75, 3.05) is 65.9 Å². The molecule has 0 aromatic carbocycles. The first kappa shape index (κ1) is 51.7. The Morgan fingerprint density at radius 3 is 1.36 bits per heavy atom. The van der Waals surface area contributed by atoms with Crippen LogP contribution in [-0.4, -0.2) is 123 Å². The van der Waals surface area contributed by atoms with E-state index < -0.39 is 18.0 Å². The molecule has 0 aliphatic rings. The number of carbonyl (C=O) groups is 6. The van der Waals surface area contributed by atoms with E-state index in [9.17, 15) is 33.9 Å². The van der Waals surface area contributed by atoms with Crippen molar-refractivity contribution in [3.05, 3.63) is 0 Å². The van der Waals surface area contributed by atoms with Crippen LogP contribution < -0.4 is 21.3 Å². The third kappa shape index (κ3) is 38.7. The molecule has 0 rings (SSSR count). The van der Waals surface area contributed by atoms with E-state index >= 15 is 0 Å². The Labute approximate surface area is 328 Å². The predicted octanol–water partition coefficient (Wildman–Crippen LogP) is 3.88. The average Bonchev–Trinajstić information content (AvgIpc) is 3.11. The fourth-order valence-corrected chi connectivity index (χ4v) is 5.37. The number of hydrogen-bond acceptors (Lipinski definition) is 10. The molecule has 55 heavy (non-hydrogen) atoms. The summed E-state index contributed by atoms with van der Waals surface area (Å²) >= 11 is 0. The standard InChI is InChI=1S/C39H72N4O12/c1-39(2,3)43-36(47)31-55-29-27-53-25-23-41-35(46)30-54-28-26-52-24-22-40-33(44)21-20-32(38(50)51)42-34(45)18-16-14-12-10-8-6-4-5-7-9-11-13-15-17-19-37(48)49/h32H,4-31H2,1-3H3,(H,40,44)(H,41,46)(H,42,45)(H,43,47)(H,48,49)(H,50,51). The quantitative estimate of drug-likeness (QED) is 0.0490. The van der Waals surface area contributed by atoms with E-state index in [4.69, 9.17) is 24.1 Å². The summed E-state index contributed by atoms with van der Waals surface area (Å²) in [6.45, 7) is 7.45. The second-order valence-electron chi connectivity index (χ2n) is 14.7. The molecule has 0 aromatic heterocycles. The summed E-state index contributed by atoms with van der Waals surface area (Å²) in [5.41, 5.74) is -0.314. The molecule has 0 radical (unpaired) electrons. The summed E-state index contributed by atoms with van der Waals surface area (Å²) in [5.74, 6) is -3.06. The lowest BCUT2D eigenvalue weighted by Gasteiger charge is -2.20. The molecule has 1 atom stereocenters. The lowest BCUT2D eigenvalue weighted by atomic mass is 10.0. The first-order valence-electron chi connectivity index (χ1n) is 20.2. The molecule has 0 bridgehead atoms.